The normalized spacial score (nSPS) is 12.6. The molecule has 0 radical (unpaired) electrons. The summed E-state index contributed by atoms with van der Waals surface area (Å²) in [6.45, 7) is 0.381. The summed E-state index contributed by atoms with van der Waals surface area (Å²) < 4.78 is 6.77. The lowest BCUT2D eigenvalue weighted by atomic mass is 10.1. The van der Waals surface area contributed by atoms with Crippen molar-refractivity contribution in [2.45, 2.75) is 6.10 Å². The first kappa shape index (κ1) is 13.6. The molecule has 0 aliphatic rings. The van der Waals surface area contributed by atoms with E-state index >= 15 is 0 Å². The molecular weight excluding hydrogens is 244 g/mol. The van der Waals surface area contributed by atoms with Gasteiger partial charge in [-0.1, -0.05) is 6.07 Å². The van der Waals surface area contributed by atoms with Gasteiger partial charge in [-0.05, 0) is 18.2 Å². The van der Waals surface area contributed by atoms with Gasteiger partial charge in [0, 0.05) is 43.4 Å². The molecule has 1 atom stereocenters. The molecule has 5 heteroatoms. The number of aryl methyl sites for hydroxylation is 1. The molecule has 0 bridgehead atoms. The number of nitrogens with one attached hydrogen (secondary N) is 1. The van der Waals surface area contributed by atoms with E-state index in [0.29, 0.717) is 5.56 Å². The minimum Gasteiger partial charge on any atom is -0.389 e. The summed E-state index contributed by atoms with van der Waals surface area (Å²) >= 11 is 0. The van der Waals surface area contributed by atoms with Crippen molar-refractivity contribution in [2.24, 2.45) is 7.05 Å². The molecule has 1 heterocycles. The highest BCUT2D eigenvalue weighted by atomic mass is 16.5. The molecule has 5 nitrogen and oxygen atoms in total. The number of aromatic nitrogens is 1. The molecule has 2 N–H and O–H groups in total. The van der Waals surface area contributed by atoms with Crippen molar-refractivity contribution in [1.82, 2.24) is 9.88 Å². The van der Waals surface area contributed by atoms with Gasteiger partial charge >= 0.3 is 0 Å². The smallest absolute Gasteiger partial charge is 0.252 e. The summed E-state index contributed by atoms with van der Waals surface area (Å²) in [4.78, 5) is 12.1. The van der Waals surface area contributed by atoms with Crippen LogP contribution in [0.2, 0.25) is 0 Å². The van der Waals surface area contributed by atoms with Gasteiger partial charge in [0.1, 0.15) is 0 Å². The van der Waals surface area contributed by atoms with Gasteiger partial charge in [-0.15, -0.1) is 0 Å². The van der Waals surface area contributed by atoms with E-state index in [1.54, 1.807) is 6.07 Å². The number of methoxy groups -OCH3 is 1. The number of rotatable bonds is 5. The predicted molar refractivity (Wildman–Crippen MR) is 73.1 cm³/mol. The van der Waals surface area contributed by atoms with Crippen LogP contribution in [0.3, 0.4) is 0 Å². The fourth-order valence-corrected chi connectivity index (χ4v) is 2.06. The summed E-state index contributed by atoms with van der Waals surface area (Å²) in [5, 5.41) is 13.1. The van der Waals surface area contributed by atoms with E-state index in [1.165, 1.54) is 7.11 Å². The monoisotopic (exact) mass is 262 g/mol. The van der Waals surface area contributed by atoms with Crippen LogP contribution in [0.1, 0.15) is 10.4 Å². The largest absolute Gasteiger partial charge is 0.389 e. The molecule has 1 aromatic heterocycles. The zero-order valence-electron chi connectivity index (χ0n) is 11.1. The quantitative estimate of drug-likeness (QED) is 0.842. The maximum Gasteiger partial charge on any atom is 0.252 e. The van der Waals surface area contributed by atoms with Crippen molar-refractivity contribution < 1.29 is 14.6 Å². The first-order valence-electron chi connectivity index (χ1n) is 6.12. The van der Waals surface area contributed by atoms with Gasteiger partial charge in [0.2, 0.25) is 0 Å². The Balaban J connectivity index is 2.13. The minimum absolute atomic E-state index is 0.176. The number of carbonyl (C=O) groups excluding carboxylic acids is 1. The van der Waals surface area contributed by atoms with Crippen molar-refractivity contribution in [2.75, 3.05) is 20.3 Å². The summed E-state index contributed by atoms with van der Waals surface area (Å²) in [6, 6.07) is 7.50. The highest BCUT2D eigenvalue weighted by molar-refractivity contribution is 6.06. The number of aliphatic hydroxyl groups is 1. The van der Waals surface area contributed by atoms with Crippen LogP contribution in [0.25, 0.3) is 10.9 Å². The van der Waals surface area contributed by atoms with Crippen LogP contribution in [0.5, 0.6) is 0 Å². The standard InChI is InChI=1S/C14H18N2O3/c1-16-7-6-11-12(4-3-5-13(11)16)14(18)15-8-10(17)9-19-2/h3-7,10,17H,8-9H2,1-2H3,(H,15,18). The Morgan fingerprint density at radius 3 is 3.00 bits per heavy atom. The Kier molecular flexibility index (Phi) is 4.19. The maximum atomic E-state index is 12.1. The summed E-state index contributed by atoms with van der Waals surface area (Å²) in [7, 11) is 3.45. The van der Waals surface area contributed by atoms with Crippen molar-refractivity contribution >= 4 is 16.8 Å². The maximum absolute atomic E-state index is 12.1. The Hall–Kier alpha value is -1.85. The lowest BCUT2D eigenvalue weighted by Crippen LogP contribution is -2.34. The zero-order chi connectivity index (χ0) is 13.8. The Bertz CT molecular complexity index is 577. The zero-order valence-corrected chi connectivity index (χ0v) is 11.1. The fourth-order valence-electron chi connectivity index (χ4n) is 2.06. The molecule has 0 aliphatic heterocycles. The van der Waals surface area contributed by atoms with Gasteiger partial charge in [-0.2, -0.15) is 0 Å². The van der Waals surface area contributed by atoms with Crippen molar-refractivity contribution in [1.29, 1.82) is 0 Å². The summed E-state index contributed by atoms with van der Waals surface area (Å²) in [5.74, 6) is -0.188. The molecule has 19 heavy (non-hydrogen) atoms. The number of benzene rings is 1. The third-order valence-corrected chi connectivity index (χ3v) is 3.03. The number of fused-ring (bicyclic) bond motifs is 1. The van der Waals surface area contributed by atoms with Gasteiger partial charge < -0.3 is 19.7 Å². The lowest BCUT2D eigenvalue weighted by Gasteiger charge is -2.11. The second-order valence-electron chi connectivity index (χ2n) is 4.48. The van der Waals surface area contributed by atoms with Crippen LogP contribution in [-0.2, 0) is 11.8 Å². The number of aliphatic hydroxyl groups excluding tert-OH is 1. The summed E-state index contributed by atoms with van der Waals surface area (Å²) in [6.07, 6.45) is 1.23. The number of ether oxygens (including phenoxy) is 1. The molecule has 2 aromatic rings. The van der Waals surface area contributed by atoms with Gasteiger partial charge in [-0.3, -0.25) is 4.79 Å². The molecule has 1 unspecified atom stereocenters. The average molecular weight is 262 g/mol. The Morgan fingerprint density at radius 1 is 1.47 bits per heavy atom. The van der Waals surface area contributed by atoms with Crippen LogP contribution < -0.4 is 5.32 Å². The first-order chi connectivity index (χ1) is 9.13. The number of hydrogen-bond donors (Lipinski definition) is 2. The lowest BCUT2D eigenvalue weighted by molar-refractivity contribution is 0.0610. The number of amides is 1. The highest BCUT2D eigenvalue weighted by Gasteiger charge is 2.12. The first-order valence-corrected chi connectivity index (χ1v) is 6.12. The van der Waals surface area contributed by atoms with Crippen LogP contribution in [0.4, 0.5) is 0 Å². The van der Waals surface area contributed by atoms with Gasteiger partial charge in [-0.25, -0.2) is 0 Å². The number of hydrogen-bond acceptors (Lipinski definition) is 3. The third kappa shape index (κ3) is 2.94. The minimum atomic E-state index is -0.691. The number of nitrogens with zero attached hydrogens (tertiary/aromatic N) is 1. The molecule has 1 aromatic carbocycles. The Labute approximate surface area is 111 Å². The third-order valence-electron chi connectivity index (χ3n) is 3.03. The van der Waals surface area contributed by atoms with Gasteiger partial charge in [0.05, 0.1) is 12.7 Å². The van der Waals surface area contributed by atoms with E-state index < -0.39 is 6.10 Å². The van der Waals surface area contributed by atoms with Crippen molar-refractivity contribution in [3.8, 4) is 0 Å². The van der Waals surface area contributed by atoms with E-state index in [2.05, 4.69) is 5.32 Å². The molecule has 0 saturated heterocycles. The second kappa shape index (κ2) is 5.86. The van der Waals surface area contributed by atoms with E-state index in [1.807, 2.05) is 36.0 Å². The van der Waals surface area contributed by atoms with Crippen LogP contribution in [0.15, 0.2) is 30.5 Å². The van der Waals surface area contributed by atoms with Crippen LogP contribution in [-0.4, -0.2) is 41.9 Å². The van der Waals surface area contributed by atoms with Gasteiger partial charge in [0.15, 0.2) is 0 Å². The summed E-state index contributed by atoms with van der Waals surface area (Å²) in [5.41, 5.74) is 1.62. The average Bonchev–Trinajstić information content (AvgIpc) is 2.78. The molecule has 1 amide bonds. The topological polar surface area (TPSA) is 63.5 Å². The predicted octanol–water partition coefficient (Wildman–Crippen LogP) is 0.915. The molecule has 102 valence electrons. The Morgan fingerprint density at radius 2 is 2.26 bits per heavy atom. The molecule has 0 aliphatic carbocycles. The fraction of sp³-hybridized carbons (Fsp3) is 0.357. The van der Waals surface area contributed by atoms with E-state index in [9.17, 15) is 9.90 Å². The number of carbonyl (C=O) groups is 1. The molecule has 0 saturated carbocycles. The van der Waals surface area contributed by atoms with Crippen molar-refractivity contribution in [3.05, 3.63) is 36.0 Å². The SMILES string of the molecule is COCC(O)CNC(=O)c1cccc2c1ccn2C. The highest BCUT2D eigenvalue weighted by Crippen LogP contribution is 2.19. The van der Waals surface area contributed by atoms with Crippen LogP contribution >= 0.6 is 0 Å². The molecule has 0 spiro atoms. The second-order valence-corrected chi connectivity index (χ2v) is 4.48. The van der Waals surface area contributed by atoms with Crippen molar-refractivity contribution in [3.63, 3.8) is 0 Å². The van der Waals surface area contributed by atoms with Gasteiger partial charge in [0.25, 0.3) is 5.91 Å². The van der Waals surface area contributed by atoms with Crippen LogP contribution in [0, 0.1) is 0 Å². The van der Waals surface area contributed by atoms with E-state index in [0.717, 1.165) is 10.9 Å². The molecular formula is C14H18N2O3. The molecule has 2 rings (SSSR count). The molecule has 0 fully saturated rings. The van der Waals surface area contributed by atoms with E-state index in [4.69, 9.17) is 4.74 Å². The van der Waals surface area contributed by atoms with E-state index in [-0.39, 0.29) is 19.1 Å².